The van der Waals surface area contributed by atoms with Crippen LogP contribution in [0.1, 0.15) is 11.1 Å². The summed E-state index contributed by atoms with van der Waals surface area (Å²) in [7, 11) is 0. The lowest BCUT2D eigenvalue weighted by Gasteiger charge is -2.14. The highest BCUT2D eigenvalue weighted by molar-refractivity contribution is 5.99. The molecule has 23 heavy (non-hydrogen) atoms. The summed E-state index contributed by atoms with van der Waals surface area (Å²) < 4.78 is 38.2. The fourth-order valence-corrected chi connectivity index (χ4v) is 1.96. The van der Waals surface area contributed by atoms with Crippen LogP contribution < -0.4 is 10.6 Å². The Labute approximate surface area is 131 Å². The van der Waals surface area contributed by atoms with Crippen LogP contribution in [0, 0.1) is 6.92 Å². The van der Waals surface area contributed by atoms with Gasteiger partial charge in [-0.2, -0.15) is 13.2 Å². The number of benzene rings is 2. The molecule has 1 amide bonds. The topological polar surface area (TPSA) is 41.1 Å². The minimum Gasteiger partial charge on any atom is -0.355 e. The van der Waals surface area contributed by atoms with Crippen LogP contribution in [-0.2, 0) is 11.0 Å². The molecule has 0 saturated heterocycles. The summed E-state index contributed by atoms with van der Waals surface area (Å²) in [6.07, 6.45) is -3.26. The molecular formula is C17H15F3N2O. The minimum atomic E-state index is -4.40. The van der Waals surface area contributed by atoms with E-state index in [2.05, 4.69) is 17.2 Å². The van der Waals surface area contributed by atoms with E-state index in [0.29, 0.717) is 17.1 Å². The van der Waals surface area contributed by atoms with E-state index in [4.69, 9.17) is 0 Å². The predicted octanol–water partition coefficient (Wildman–Crippen LogP) is 4.88. The summed E-state index contributed by atoms with van der Waals surface area (Å²) in [5.41, 5.74) is 1.55. The van der Waals surface area contributed by atoms with Gasteiger partial charge in [-0.15, -0.1) is 0 Å². The third-order valence-electron chi connectivity index (χ3n) is 3.16. The van der Waals surface area contributed by atoms with Crippen molar-refractivity contribution in [3.63, 3.8) is 0 Å². The molecular weight excluding hydrogens is 305 g/mol. The number of halogens is 3. The number of hydrogen-bond acceptors (Lipinski definition) is 2. The fourth-order valence-electron chi connectivity index (χ4n) is 1.96. The number of rotatable bonds is 4. The average molecular weight is 320 g/mol. The van der Waals surface area contributed by atoms with Crippen LogP contribution in [0.15, 0.2) is 55.1 Å². The van der Waals surface area contributed by atoms with E-state index in [1.54, 1.807) is 24.3 Å². The second-order valence-electron chi connectivity index (χ2n) is 4.93. The van der Waals surface area contributed by atoms with Gasteiger partial charge in [0.2, 0.25) is 5.91 Å². The molecule has 3 nitrogen and oxygen atoms in total. The fraction of sp³-hybridized carbons (Fsp3) is 0.118. The number of carbonyl (C=O) groups excluding carboxylic acids is 1. The molecule has 0 spiro atoms. The Kier molecular flexibility index (Phi) is 4.74. The Bertz CT molecular complexity index is 739. The Morgan fingerprint density at radius 2 is 1.87 bits per heavy atom. The zero-order chi connectivity index (χ0) is 17.0. The molecule has 120 valence electrons. The van der Waals surface area contributed by atoms with E-state index >= 15 is 0 Å². The molecule has 0 unspecified atom stereocenters. The minimum absolute atomic E-state index is 0.315. The molecule has 0 aliphatic carbocycles. The van der Waals surface area contributed by atoms with Gasteiger partial charge in [0.05, 0.1) is 5.56 Å². The molecule has 2 aromatic carbocycles. The van der Waals surface area contributed by atoms with Gasteiger partial charge in [0.1, 0.15) is 0 Å². The third-order valence-corrected chi connectivity index (χ3v) is 3.16. The summed E-state index contributed by atoms with van der Waals surface area (Å²) in [6.45, 7) is 5.18. The maximum Gasteiger partial charge on any atom is 0.416 e. The lowest BCUT2D eigenvalue weighted by atomic mass is 10.1. The summed E-state index contributed by atoms with van der Waals surface area (Å²) in [5, 5.41) is 5.54. The van der Waals surface area contributed by atoms with E-state index in [1.807, 2.05) is 6.92 Å². The quantitative estimate of drug-likeness (QED) is 0.788. The molecule has 2 rings (SSSR count). The molecule has 6 heteroatoms. The number of carbonyl (C=O) groups is 1. The van der Waals surface area contributed by atoms with Crippen LogP contribution in [0.25, 0.3) is 0 Å². The van der Waals surface area contributed by atoms with Gasteiger partial charge in [-0.1, -0.05) is 18.7 Å². The summed E-state index contributed by atoms with van der Waals surface area (Å²) in [6, 6.07) is 10.0. The highest BCUT2D eigenvalue weighted by Crippen LogP contribution is 2.32. The molecule has 0 atom stereocenters. The van der Waals surface area contributed by atoms with Gasteiger partial charge in [0, 0.05) is 17.1 Å². The Morgan fingerprint density at radius 1 is 1.13 bits per heavy atom. The van der Waals surface area contributed by atoms with Crippen molar-refractivity contribution in [3.05, 3.63) is 66.2 Å². The van der Waals surface area contributed by atoms with Crippen LogP contribution >= 0.6 is 0 Å². The van der Waals surface area contributed by atoms with Gasteiger partial charge in [0.15, 0.2) is 0 Å². The summed E-state index contributed by atoms with van der Waals surface area (Å²) >= 11 is 0. The Balaban J connectivity index is 2.27. The first-order valence-corrected chi connectivity index (χ1v) is 6.78. The molecule has 2 aromatic rings. The molecule has 0 aromatic heterocycles. The number of nitrogens with one attached hydrogen (secondary N) is 2. The highest BCUT2D eigenvalue weighted by atomic mass is 19.4. The maximum atomic E-state index is 12.7. The smallest absolute Gasteiger partial charge is 0.355 e. The van der Waals surface area contributed by atoms with Crippen molar-refractivity contribution in [2.75, 3.05) is 10.6 Å². The van der Waals surface area contributed by atoms with Crippen LogP contribution in [0.3, 0.4) is 0 Å². The average Bonchev–Trinajstić information content (AvgIpc) is 2.50. The molecule has 0 aliphatic rings. The van der Waals surface area contributed by atoms with Gasteiger partial charge in [-0.3, -0.25) is 4.79 Å². The van der Waals surface area contributed by atoms with Gasteiger partial charge < -0.3 is 10.6 Å². The van der Waals surface area contributed by atoms with Crippen molar-refractivity contribution < 1.29 is 18.0 Å². The standard InChI is InChI=1S/C17H15F3N2O/c1-3-16(23)22-14-8-7-11(2)15(10-14)21-13-6-4-5-12(9-13)17(18,19)20/h3-10,21H,1H2,2H3,(H,22,23). The molecule has 0 bridgehead atoms. The molecule has 2 N–H and O–H groups in total. The summed E-state index contributed by atoms with van der Waals surface area (Å²) in [5.74, 6) is -0.362. The van der Waals surface area contributed by atoms with Crippen molar-refractivity contribution in [3.8, 4) is 0 Å². The van der Waals surface area contributed by atoms with E-state index in [9.17, 15) is 18.0 Å². The van der Waals surface area contributed by atoms with Crippen LogP contribution in [0.2, 0.25) is 0 Å². The van der Waals surface area contributed by atoms with Crippen LogP contribution in [0.5, 0.6) is 0 Å². The largest absolute Gasteiger partial charge is 0.416 e. The van der Waals surface area contributed by atoms with E-state index in [0.717, 1.165) is 23.8 Å². The third kappa shape index (κ3) is 4.35. The van der Waals surface area contributed by atoms with Crippen molar-refractivity contribution in [2.45, 2.75) is 13.1 Å². The van der Waals surface area contributed by atoms with Gasteiger partial charge in [0.25, 0.3) is 0 Å². The van der Waals surface area contributed by atoms with E-state index < -0.39 is 11.7 Å². The first-order valence-electron chi connectivity index (χ1n) is 6.78. The predicted molar refractivity (Wildman–Crippen MR) is 84.7 cm³/mol. The number of amides is 1. The molecule has 0 fully saturated rings. The monoisotopic (exact) mass is 320 g/mol. The van der Waals surface area contributed by atoms with Gasteiger partial charge >= 0.3 is 6.18 Å². The van der Waals surface area contributed by atoms with E-state index in [-0.39, 0.29) is 5.91 Å². The molecule has 0 aliphatic heterocycles. The van der Waals surface area contributed by atoms with Gasteiger partial charge in [-0.25, -0.2) is 0 Å². The zero-order valence-corrected chi connectivity index (χ0v) is 12.4. The maximum absolute atomic E-state index is 12.7. The van der Waals surface area contributed by atoms with Crippen molar-refractivity contribution in [1.82, 2.24) is 0 Å². The Morgan fingerprint density at radius 3 is 2.52 bits per heavy atom. The van der Waals surface area contributed by atoms with Gasteiger partial charge in [-0.05, 0) is 48.9 Å². The normalized spacial score (nSPS) is 11.0. The number of anilines is 3. The number of aryl methyl sites for hydroxylation is 1. The first kappa shape index (κ1) is 16.6. The van der Waals surface area contributed by atoms with E-state index in [1.165, 1.54) is 6.07 Å². The number of hydrogen-bond donors (Lipinski definition) is 2. The lowest BCUT2D eigenvalue weighted by molar-refractivity contribution is -0.137. The summed E-state index contributed by atoms with van der Waals surface area (Å²) in [4.78, 5) is 11.3. The van der Waals surface area contributed by atoms with Crippen LogP contribution in [0.4, 0.5) is 30.2 Å². The van der Waals surface area contributed by atoms with Crippen molar-refractivity contribution in [2.24, 2.45) is 0 Å². The first-order chi connectivity index (χ1) is 10.8. The number of alkyl halides is 3. The second kappa shape index (κ2) is 6.56. The molecule has 0 radical (unpaired) electrons. The van der Waals surface area contributed by atoms with Crippen LogP contribution in [-0.4, -0.2) is 5.91 Å². The lowest BCUT2D eigenvalue weighted by Crippen LogP contribution is -2.08. The highest BCUT2D eigenvalue weighted by Gasteiger charge is 2.30. The Hall–Kier alpha value is -2.76. The SMILES string of the molecule is C=CC(=O)Nc1ccc(C)c(Nc2cccc(C(F)(F)F)c2)c1. The molecule has 0 heterocycles. The second-order valence-corrected chi connectivity index (χ2v) is 4.93. The van der Waals surface area contributed by atoms with Crippen molar-refractivity contribution >= 4 is 23.0 Å². The zero-order valence-electron chi connectivity index (χ0n) is 12.4. The van der Waals surface area contributed by atoms with Crippen molar-refractivity contribution in [1.29, 1.82) is 0 Å². The molecule has 0 saturated carbocycles.